The molecular formula is C23H25N5O2. The number of anilines is 2. The van der Waals surface area contributed by atoms with Crippen LogP contribution in [0.1, 0.15) is 43.3 Å². The van der Waals surface area contributed by atoms with Crippen molar-refractivity contribution in [3.05, 3.63) is 64.0 Å². The summed E-state index contributed by atoms with van der Waals surface area (Å²) in [4.78, 5) is 21.9. The fourth-order valence-corrected chi connectivity index (χ4v) is 3.44. The lowest BCUT2D eigenvalue weighted by molar-refractivity contribution is 0.357. The van der Waals surface area contributed by atoms with Crippen molar-refractivity contribution < 1.29 is 4.52 Å². The van der Waals surface area contributed by atoms with Gasteiger partial charge in [-0.3, -0.25) is 9.78 Å². The first-order valence-corrected chi connectivity index (χ1v) is 10.1. The van der Waals surface area contributed by atoms with E-state index in [0.717, 1.165) is 39.8 Å². The molecule has 4 rings (SSSR count). The van der Waals surface area contributed by atoms with Crippen LogP contribution in [-0.4, -0.2) is 19.7 Å². The molecule has 0 bridgehead atoms. The van der Waals surface area contributed by atoms with E-state index in [9.17, 15) is 4.79 Å². The molecule has 0 aliphatic rings. The summed E-state index contributed by atoms with van der Waals surface area (Å²) >= 11 is 0. The van der Waals surface area contributed by atoms with Gasteiger partial charge in [-0.1, -0.05) is 19.9 Å². The first-order valence-electron chi connectivity index (χ1n) is 10.1. The molecule has 30 heavy (non-hydrogen) atoms. The predicted molar refractivity (Wildman–Crippen MR) is 118 cm³/mol. The van der Waals surface area contributed by atoms with Crippen LogP contribution < -0.4 is 10.9 Å². The van der Waals surface area contributed by atoms with Gasteiger partial charge < -0.3 is 14.4 Å². The van der Waals surface area contributed by atoms with Gasteiger partial charge >= 0.3 is 0 Å². The first kappa shape index (κ1) is 19.8. The molecule has 0 saturated carbocycles. The molecule has 0 spiro atoms. The number of hydrogen-bond acceptors (Lipinski definition) is 6. The maximum absolute atomic E-state index is 13.1. The van der Waals surface area contributed by atoms with Crippen LogP contribution in [0.3, 0.4) is 0 Å². The van der Waals surface area contributed by atoms with Crippen LogP contribution in [0.2, 0.25) is 0 Å². The third kappa shape index (κ3) is 3.58. The summed E-state index contributed by atoms with van der Waals surface area (Å²) in [7, 11) is 1.79. The van der Waals surface area contributed by atoms with Crippen molar-refractivity contribution in [2.45, 2.75) is 40.0 Å². The number of rotatable bonds is 5. The normalized spacial score (nSPS) is 12.3. The maximum Gasteiger partial charge on any atom is 0.267 e. The number of hydrogen-bond donors (Lipinski definition) is 1. The molecule has 0 fully saturated rings. The summed E-state index contributed by atoms with van der Waals surface area (Å²) < 4.78 is 7.01. The number of pyridine rings is 2. The lowest BCUT2D eigenvalue weighted by Gasteiger charge is -2.12. The van der Waals surface area contributed by atoms with E-state index in [1.807, 2.05) is 51.1 Å². The Hall–Kier alpha value is -3.48. The molecule has 0 unspecified atom stereocenters. The Kier molecular flexibility index (Phi) is 5.11. The average molecular weight is 403 g/mol. The van der Waals surface area contributed by atoms with Crippen LogP contribution in [-0.2, 0) is 7.05 Å². The van der Waals surface area contributed by atoms with Gasteiger partial charge in [0.2, 0.25) is 5.89 Å². The molecular weight excluding hydrogens is 378 g/mol. The van der Waals surface area contributed by atoms with Gasteiger partial charge in [-0.2, -0.15) is 4.98 Å². The highest BCUT2D eigenvalue weighted by Gasteiger charge is 2.15. The molecule has 3 aromatic heterocycles. The minimum Gasteiger partial charge on any atom is -0.337 e. The van der Waals surface area contributed by atoms with E-state index in [1.54, 1.807) is 17.8 Å². The Bertz CT molecular complexity index is 1290. The predicted octanol–water partition coefficient (Wildman–Crippen LogP) is 4.86. The van der Waals surface area contributed by atoms with Crippen molar-refractivity contribution in [1.82, 2.24) is 19.7 Å². The van der Waals surface area contributed by atoms with Crippen LogP contribution >= 0.6 is 0 Å². The van der Waals surface area contributed by atoms with Gasteiger partial charge in [-0.05, 0) is 60.8 Å². The summed E-state index contributed by atoms with van der Waals surface area (Å²) in [6.07, 6.45) is 2.73. The van der Waals surface area contributed by atoms with E-state index in [0.29, 0.717) is 17.4 Å². The van der Waals surface area contributed by atoms with Crippen molar-refractivity contribution in [1.29, 1.82) is 0 Å². The molecule has 0 aliphatic carbocycles. The zero-order chi connectivity index (χ0) is 21.4. The van der Waals surface area contributed by atoms with E-state index in [1.165, 1.54) is 0 Å². The Morgan fingerprint density at radius 2 is 1.97 bits per heavy atom. The van der Waals surface area contributed by atoms with Gasteiger partial charge in [0.25, 0.3) is 11.5 Å². The lowest BCUT2D eigenvalue weighted by atomic mass is 9.99. The van der Waals surface area contributed by atoms with Crippen molar-refractivity contribution >= 4 is 22.5 Å². The molecule has 0 aliphatic heterocycles. The minimum atomic E-state index is -0.0491. The van der Waals surface area contributed by atoms with Crippen LogP contribution in [0.4, 0.5) is 11.6 Å². The second kappa shape index (κ2) is 7.74. The standard InChI is InChI=1S/C23H25N5O2/c1-6-13(2)21-26-23(27-30-21)25-17-8-7-14(3)18(11-17)19-10-16-12-24-15(4)9-20(16)28(5)22(19)29/h7-13H,6H2,1-5H3,(H,25,27)/t13-/m1/s1. The summed E-state index contributed by atoms with van der Waals surface area (Å²) in [5, 5.41) is 8.12. The van der Waals surface area contributed by atoms with Gasteiger partial charge in [0, 0.05) is 41.5 Å². The maximum atomic E-state index is 13.1. The van der Waals surface area contributed by atoms with Crippen LogP contribution in [0.15, 0.2) is 45.8 Å². The number of nitrogens with one attached hydrogen (secondary N) is 1. The smallest absolute Gasteiger partial charge is 0.267 e. The van der Waals surface area contributed by atoms with E-state index in [4.69, 9.17) is 4.52 Å². The second-order valence-corrected chi connectivity index (χ2v) is 7.73. The second-order valence-electron chi connectivity index (χ2n) is 7.73. The Balaban J connectivity index is 1.75. The third-order valence-corrected chi connectivity index (χ3v) is 5.50. The van der Waals surface area contributed by atoms with Crippen molar-refractivity contribution in [2.24, 2.45) is 7.05 Å². The van der Waals surface area contributed by atoms with Crippen LogP contribution in [0, 0.1) is 13.8 Å². The third-order valence-electron chi connectivity index (χ3n) is 5.50. The average Bonchev–Trinajstić information content (AvgIpc) is 3.20. The van der Waals surface area contributed by atoms with E-state index < -0.39 is 0 Å². The van der Waals surface area contributed by atoms with Gasteiger partial charge in [0.05, 0.1) is 5.52 Å². The van der Waals surface area contributed by atoms with Crippen LogP contribution in [0.5, 0.6) is 0 Å². The zero-order valence-corrected chi connectivity index (χ0v) is 17.9. The molecule has 1 N–H and O–H groups in total. The van der Waals surface area contributed by atoms with Gasteiger partial charge in [-0.25, -0.2) is 0 Å². The zero-order valence-electron chi connectivity index (χ0n) is 17.9. The number of nitrogens with zero attached hydrogens (tertiary/aromatic N) is 4. The van der Waals surface area contributed by atoms with Crippen molar-refractivity contribution in [2.75, 3.05) is 5.32 Å². The minimum absolute atomic E-state index is 0.0491. The highest BCUT2D eigenvalue weighted by atomic mass is 16.5. The molecule has 1 atom stereocenters. The molecule has 0 amide bonds. The van der Waals surface area contributed by atoms with Crippen LogP contribution in [0.25, 0.3) is 22.0 Å². The fourth-order valence-electron chi connectivity index (χ4n) is 3.44. The highest BCUT2D eigenvalue weighted by molar-refractivity contribution is 5.85. The molecule has 4 aromatic rings. The topological polar surface area (TPSA) is 85.8 Å². The SMILES string of the molecule is CC[C@@H](C)c1nc(Nc2ccc(C)c(-c3cc4cnc(C)cc4n(C)c3=O)c2)no1. The fraction of sp³-hybridized carbons (Fsp3) is 0.304. The molecule has 7 heteroatoms. The number of fused-ring (bicyclic) bond motifs is 1. The van der Waals surface area contributed by atoms with Crippen molar-refractivity contribution in [3.63, 3.8) is 0 Å². The lowest BCUT2D eigenvalue weighted by Crippen LogP contribution is -2.19. The Labute approximate surface area is 174 Å². The molecule has 1 aromatic carbocycles. The Morgan fingerprint density at radius 3 is 2.73 bits per heavy atom. The number of benzene rings is 1. The Morgan fingerprint density at radius 1 is 1.17 bits per heavy atom. The summed E-state index contributed by atoms with van der Waals surface area (Å²) in [5.41, 5.74) is 4.98. The molecule has 7 nitrogen and oxygen atoms in total. The van der Waals surface area contributed by atoms with Gasteiger partial charge in [-0.15, -0.1) is 0 Å². The summed E-state index contributed by atoms with van der Waals surface area (Å²) in [5.74, 6) is 1.23. The molecule has 3 heterocycles. The monoisotopic (exact) mass is 403 g/mol. The van der Waals surface area contributed by atoms with E-state index in [2.05, 4.69) is 27.4 Å². The number of aryl methyl sites for hydroxylation is 3. The summed E-state index contributed by atoms with van der Waals surface area (Å²) in [6, 6.07) is 9.69. The molecule has 0 radical (unpaired) electrons. The number of aromatic nitrogens is 4. The molecule has 0 saturated heterocycles. The van der Waals surface area contributed by atoms with E-state index >= 15 is 0 Å². The highest BCUT2D eigenvalue weighted by Crippen LogP contribution is 2.28. The van der Waals surface area contributed by atoms with Crippen molar-refractivity contribution in [3.8, 4) is 11.1 Å². The quantitative estimate of drug-likeness (QED) is 0.512. The largest absolute Gasteiger partial charge is 0.337 e. The van der Waals surface area contributed by atoms with E-state index in [-0.39, 0.29) is 11.5 Å². The summed E-state index contributed by atoms with van der Waals surface area (Å²) in [6.45, 7) is 8.04. The first-order chi connectivity index (χ1) is 14.4. The van der Waals surface area contributed by atoms with Gasteiger partial charge in [0.1, 0.15) is 0 Å². The molecule has 154 valence electrons. The van der Waals surface area contributed by atoms with Gasteiger partial charge in [0.15, 0.2) is 0 Å².